The number of hydrogen-bond acceptors (Lipinski definition) is 5. The van der Waals surface area contributed by atoms with E-state index in [-0.39, 0.29) is 12.4 Å². The summed E-state index contributed by atoms with van der Waals surface area (Å²) in [4.78, 5) is 6.00. The van der Waals surface area contributed by atoms with Crippen LogP contribution in [0.1, 0.15) is 5.69 Å². The molecule has 1 atom stereocenters. The van der Waals surface area contributed by atoms with E-state index >= 15 is 0 Å². The maximum absolute atomic E-state index is 9.60. The molecule has 0 spiro atoms. The highest BCUT2D eigenvalue weighted by atomic mass is 16.5. The first-order valence-electron chi connectivity index (χ1n) is 5.24. The van der Waals surface area contributed by atoms with Crippen molar-refractivity contribution < 1.29 is 9.84 Å². The standard InChI is InChI=1S/C11H18N4O2/c1-15(6-8(16)7-17-2)10-5-3-4-9(14-10)11(12)13/h3-5,8,16H,6-7H2,1-2H3,(H3,12,13). The topological polar surface area (TPSA) is 95.5 Å². The van der Waals surface area contributed by atoms with E-state index in [0.717, 1.165) is 0 Å². The summed E-state index contributed by atoms with van der Waals surface area (Å²) in [5.41, 5.74) is 5.79. The lowest BCUT2D eigenvalue weighted by Crippen LogP contribution is -2.32. The molecule has 1 aromatic heterocycles. The molecule has 6 heteroatoms. The number of anilines is 1. The van der Waals surface area contributed by atoms with Crippen molar-refractivity contribution in [3.8, 4) is 0 Å². The number of rotatable bonds is 6. The van der Waals surface area contributed by atoms with Crippen molar-refractivity contribution in [3.05, 3.63) is 23.9 Å². The largest absolute Gasteiger partial charge is 0.389 e. The van der Waals surface area contributed by atoms with Gasteiger partial charge in [-0.05, 0) is 12.1 Å². The van der Waals surface area contributed by atoms with Crippen LogP contribution in [0.4, 0.5) is 5.82 Å². The number of nitrogen functional groups attached to an aromatic ring is 1. The number of amidine groups is 1. The fourth-order valence-corrected chi connectivity index (χ4v) is 1.44. The molecule has 1 aromatic rings. The molecule has 94 valence electrons. The number of nitrogens with one attached hydrogen (secondary N) is 1. The van der Waals surface area contributed by atoms with Crippen molar-refractivity contribution in [1.82, 2.24) is 4.98 Å². The molecule has 0 saturated heterocycles. The summed E-state index contributed by atoms with van der Waals surface area (Å²) in [6.07, 6.45) is -0.576. The van der Waals surface area contributed by atoms with Gasteiger partial charge in [0.15, 0.2) is 0 Å². The summed E-state index contributed by atoms with van der Waals surface area (Å²) in [5, 5.41) is 16.9. The van der Waals surface area contributed by atoms with Gasteiger partial charge in [-0.2, -0.15) is 0 Å². The Morgan fingerprint density at radius 3 is 2.94 bits per heavy atom. The van der Waals surface area contributed by atoms with Crippen molar-refractivity contribution in [2.75, 3.05) is 32.2 Å². The summed E-state index contributed by atoms with van der Waals surface area (Å²) in [5.74, 6) is 0.588. The second-order valence-electron chi connectivity index (χ2n) is 3.78. The van der Waals surface area contributed by atoms with Crippen molar-refractivity contribution in [3.63, 3.8) is 0 Å². The molecule has 17 heavy (non-hydrogen) atoms. The first-order valence-corrected chi connectivity index (χ1v) is 5.24. The van der Waals surface area contributed by atoms with Crippen LogP contribution in [0.5, 0.6) is 0 Å². The molecule has 0 aliphatic carbocycles. The van der Waals surface area contributed by atoms with Gasteiger partial charge in [-0.3, -0.25) is 5.41 Å². The van der Waals surface area contributed by atoms with Gasteiger partial charge in [0.25, 0.3) is 0 Å². The van der Waals surface area contributed by atoms with Gasteiger partial charge in [0, 0.05) is 20.7 Å². The number of hydrogen-bond donors (Lipinski definition) is 3. The summed E-state index contributed by atoms with van der Waals surface area (Å²) in [7, 11) is 3.35. The molecule has 0 saturated carbocycles. The molecule has 0 radical (unpaired) electrons. The molecule has 6 nitrogen and oxygen atoms in total. The highest BCUT2D eigenvalue weighted by Gasteiger charge is 2.10. The minimum absolute atomic E-state index is 0.0716. The number of likely N-dealkylation sites (N-methyl/N-ethyl adjacent to an activating group) is 1. The second-order valence-corrected chi connectivity index (χ2v) is 3.78. The van der Waals surface area contributed by atoms with Crippen LogP contribution in [0.3, 0.4) is 0 Å². The number of aromatic nitrogens is 1. The molecule has 0 bridgehead atoms. The average molecular weight is 238 g/mol. The number of aliphatic hydroxyl groups excluding tert-OH is 1. The normalized spacial score (nSPS) is 12.2. The zero-order valence-electron chi connectivity index (χ0n) is 10.1. The maximum atomic E-state index is 9.60. The Bertz CT molecular complexity index is 383. The molecular formula is C11H18N4O2. The van der Waals surface area contributed by atoms with Gasteiger partial charge >= 0.3 is 0 Å². The van der Waals surface area contributed by atoms with E-state index in [1.807, 2.05) is 7.05 Å². The van der Waals surface area contributed by atoms with Crippen LogP contribution in [0.15, 0.2) is 18.2 Å². The third-order valence-corrected chi connectivity index (χ3v) is 2.25. The Morgan fingerprint density at radius 2 is 2.35 bits per heavy atom. The Kier molecular flexibility index (Phi) is 4.86. The molecule has 0 aliphatic rings. The molecule has 0 amide bonds. The second kappa shape index (κ2) is 6.17. The highest BCUT2D eigenvalue weighted by molar-refractivity contribution is 5.93. The third-order valence-electron chi connectivity index (χ3n) is 2.25. The van der Waals surface area contributed by atoms with Gasteiger partial charge < -0.3 is 20.5 Å². The Morgan fingerprint density at radius 1 is 1.65 bits per heavy atom. The summed E-state index contributed by atoms with van der Waals surface area (Å²) in [6.45, 7) is 0.680. The van der Waals surface area contributed by atoms with Crippen LogP contribution in [-0.2, 0) is 4.74 Å². The summed E-state index contributed by atoms with van der Waals surface area (Å²) in [6, 6.07) is 5.25. The maximum Gasteiger partial charge on any atom is 0.141 e. The molecule has 1 heterocycles. The number of ether oxygens (including phenoxy) is 1. The molecule has 1 rings (SSSR count). The Hall–Kier alpha value is -1.66. The first-order chi connectivity index (χ1) is 8.04. The Balaban J connectivity index is 2.71. The molecular weight excluding hydrogens is 220 g/mol. The zero-order valence-corrected chi connectivity index (χ0v) is 10.1. The number of nitrogens with zero attached hydrogens (tertiary/aromatic N) is 2. The lowest BCUT2D eigenvalue weighted by atomic mass is 10.3. The van der Waals surface area contributed by atoms with E-state index in [1.54, 1.807) is 23.1 Å². The lowest BCUT2D eigenvalue weighted by molar-refractivity contribution is 0.0694. The van der Waals surface area contributed by atoms with Crippen LogP contribution in [0, 0.1) is 5.41 Å². The van der Waals surface area contributed by atoms with Gasteiger partial charge in [-0.25, -0.2) is 4.98 Å². The van der Waals surface area contributed by atoms with Crippen LogP contribution in [0.25, 0.3) is 0 Å². The van der Waals surface area contributed by atoms with Crippen LogP contribution in [-0.4, -0.2) is 49.3 Å². The first kappa shape index (κ1) is 13.4. The van der Waals surface area contributed by atoms with Gasteiger partial charge in [-0.1, -0.05) is 6.07 Å². The lowest BCUT2D eigenvalue weighted by Gasteiger charge is -2.21. The summed E-state index contributed by atoms with van der Waals surface area (Å²) < 4.78 is 4.85. The summed E-state index contributed by atoms with van der Waals surface area (Å²) >= 11 is 0. The Labute approximate surface area is 101 Å². The van der Waals surface area contributed by atoms with E-state index in [9.17, 15) is 5.11 Å². The van der Waals surface area contributed by atoms with Gasteiger partial charge in [0.2, 0.25) is 0 Å². The highest BCUT2D eigenvalue weighted by Crippen LogP contribution is 2.09. The quantitative estimate of drug-likeness (QED) is 0.471. The zero-order chi connectivity index (χ0) is 12.8. The SMILES string of the molecule is COCC(O)CN(C)c1cccc(C(=N)N)n1. The number of pyridine rings is 1. The van der Waals surface area contributed by atoms with Crippen molar-refractivity contribution >= 4 is 11.7 Å². The van der Waals surface area contributed by atoms with Gasteiger partial charge in [0.1, 0.15) is 17.3 Å². The predicted octanol–water partition coefficient (Wildman–Crippen LogP) is -0.191. The number of aliphatic hydroxyl groups is 1. The van der Waals surface area contributed by atoms with Crippen LogP contribution >= 0.6 is 0 Å². The van der Waals surface area contributed by atoms with Crippen molar-refractivity contribution in [1.29, 1.82) is 5.41 Å². The minimum Gasteiger partial charge on any atom is -0.389 e. The fraction of sp³-hybridized carbons (Fsp3) is 0.455. The van der Waals surface area contributed by atoms with Crippen molar-refractivity contribution in [2.24, 2.45) is 5.73 Å². The fourth-order valence-electron chi connectivity index (χ4n) is 1.44. The van der Waals surface area contributed by atoms with Crippen molar-refractivity contribution in [2.45, 2.75) is 6.10 Å². The van der Waals surface area contributed by atoms with E-state index in [1.165, 1.54) is 7.11 Å². The molecule has 0 aromatic carbocycles. The third kappa shape index (κ3) is 4.01. The number of methoxy groups -OCH3 is 1. The monoisotopic (exact) mass is 238 g/mol. The predicted molar refractivity (Wildman–Crippen MR) is 66.4 cm³/mol. The molecule has 0 aliphatic heterocycles. The van der Waals surface area contributed by atoms with E-state index in [2.05, 4.69) is 4.98 Å². The van der Waals surface area contributed by atoms with Gasteiger partial charge in [-0.15, -0.1) is 0 Å². The van der Waals surface area contributed by atoms with Crippen LogP contribution < -0.4 is 10.6 Å². The molecule has 4 N–H and O–H groups in total. The van der Waals surface area contributed by atoms with Crippen LogP contribution in [0.2, 0.25) is 0 Å². The average Bonchev–Trinajstić information content (AvgIpc) is 2.29. The number of nitrogens with two attached hydrogens (primary N) is 1. The van der Waals surface area contributed by atoms with E-state index in [0.29, 0.717) is 18.1 Å². The van der Waals surface area contributed by atoms with E-state index in [4.69, 9.17) is 15.9 Å². The smallest absolute Gasteiger partial charge is 0.141 e. The van der Waals surface area contributed by atoms with Gasteiger partial charge in [0.05, 0.1) is 12.7 Å². The molecule has 1 unspecified atom stereocenters. The van der Waals surface area contributed by atoms with E-state index < -0.39 is 6.10 Å². The molecule has 0 fully saturated rings. The minimum atomic E-state index is -0.576.